The van der Waals surface area contributed by atoms with Gasteiger partial charge >= 0.3 is 5.97 Å². The van der Waals surface area contributed by atoms with Crippen LogP contribution in [-0.4, -0.2) is 16.7 Å². The SMILES string of the molecule is CCCCC(=O)OCc1nc2ccccc2[n+]([O-])c1C(C)=O. The summed E-state index contributed by atoms with van der Waals surface area (Å²) in [4.78, 5) is 27.6. The second kappa shape index (κ2) is 6.98. The Bertz CT molecular complexity index is 713. The highest BCUT2D eigenvalue weighted by Crippen LogP contribution is 2.13. The average molecular weight is 302 g/mol. The van der Waals surface area contributed by atoms with Gasteiger partial charge < -0.3 is 9.94 Å². The fourth-order valence-electron chi connectivity index (χ4n) is 2.16. The third-order valence-corrected chi connectivity index (χ3v) is 3.27. The Morgan fingerprint density at radius 3 is 2.73 bits per heavy atom. The molecule has 0 atom stereocenters. The van der Waals surface area contributed by atoms with Crippen LogP contribution >= 0.6 is 0 Å². The molecule has 0 N–H and O–H groups in total. The number of aromatic nitrogens is 2. The van der Waals surface area contributed by atoms with Gasteiger partial charge in [-0.1, -0.05) is 25.5 Å². The number of benzene rings is 1. The maximum atomic E-state index is 12.3. The van der Waals surface area contributed by atoms with Gasteiger partial charge in [0.15, 0.2) is 5.69 Å². The summed E-state index contributed by atoms with van der Waals surface area (Å²) < 4.78 is 5.67. The topological polar surface area (TPSA) is 83.2 Å². The molecule has 0 amide bonds. The van der Waals surface area contributed by atoms with Crippen LogP contribution in [0.4, 0.5) is 0 Å². The molecule has 6 nitrogen and oxygen atoms in total. The molecule has 0 saturated heterocycles. The lowest BCUT2D eigenvalue weighted by Crippen LogP contribution is -2.37. The monoisotopic (exact) mass is 302 g/mol. The number of carbonyl (C=O) groups is 2. The number of hydrogen-bond acceptors (Lipinski definition) is 5. The molecule has 22 heavy (non-hydrogen) atoms. The van der Waals surface area contributed by atoms with Gasteiger partial charge in [-0.3, -0.25) is 9.59 Å². The Labute approximate surface area is 128 Å². The number of para-hydroxylation sites is 2. The summed E-state index contributed by atoms with van der Waals surface area (Å²) in [7, 11) is 0. The van der Waals surface area contributed by atoms with Crippen LogP contribution in [-0.2, 0) is 16.1 Å². The lowest BCUT2D eigenvalue weighted by atomic mass is 10.2. The van der Waals surface area contributed by atoms with E-state index in [1.807, 2.05) is 6.92 Å². The molecule has 1 heterocycles. The van der Waals surface area contributed by atoms with E-state index < -0.39 is 5.78 Å². The van der Waals surface area contributed by atoms with Crippen molar-refractivity contribution in [2.75, 3.05) is 0 Å². The van der Waals surface area contributed by atoms with Crippen LogP contribution in [0.5, 0.6) is 0 Å². The van der Waals surface area contributed by atoms with Gasteiger partial charge in [0, 0.05) is 19.4 Å². The molecule has 1 aromatic heterocycles. The van der Waals surface area contributed by atoms with Crippen molar-refractivity contribution in [2.45, 2.75) is 39.7 Å². The molecule has 0 spiro atoms. The normalized spacial score (nSPS) is 10.6. The summed E-state index contributed by atoms with van der Waals surface area (Å²) in [5, 5.41) is 12.3. The van der Waals surface area contributed by atoms with Crippen molar-refractivity contribution in [3.63, 3.8) is 0 Å². The molecule has 0 aliphatic heterocycles. The maximum absolute atomic E-state index is 12.3. The standard InChI is InChI=1S/C16H18N2O4/c1-3-4-9-15(20)22-10-13-16(11(2)19)18(21)14-8-6-5-7-12(14)17-13/h5-8H,3-4,9-10H2,1-2H3. The average Bonchev–Trinajstić information content (AvgIpc) is 2.50. The number of carbonyl (C=O) groups excluding carboxylic acids is 2. The fraction of sp³-hybridized carbons (Fsp3) is 0.375. The van der Waals surface area contributed by atoms with Crippen molar-refractivity contribution in [3.05, 3.63) is 40.9 Å². The van der Waals surface area contributed by atoms with E-state index in [-0.39, 0.29) is 24.0 Å². The molecular weight excluding hydrogens is 284 g/mol. The number of fused-ring (bicyclic) bond motifs is 1. The van der Waals surface area contributed by atoms with Gasteiger partial charge in [0.2, 0.25) is 11.3 Å². The molecule has 0 radical (unpaired) electrons. The van der Waals surface area contributed by atoms with Gasteiger partial charge in [-0.05, 0) is 12.5 Å². The van der Waals surface area contributed by atoms with Gasteiger partial charge in [0.25, 0.3) is 5.69 Å². The summed E-state index contributed by atoms with van der Waals surface area (Å²) in [5.74, 6) is -0.767. The van der Waals surface area contributed by atoms with E-state index in [4.69, 9.17) is 4.74 Å². The molecule has 2 aromatic rings. The number of nitrogens with zero attached hydrogens (tertiary/aromatic N) is 2. The lowest BCUT2D eigenvalue weighted by molar-refractivity contribution is -0.580. The van der Waals surface area contributed by atoms with Crippen LogP contribution in [0.15, 0.2) is 24.3 Å². The van der Waals surface area contributed by atoms with Crippen molar-refractivity contribution in [1.82, 2.24) is 4.98 Å². The number of hydrogen-bond donors (Lipinski definition) is 0. The Morgan fingerprint density at radius 1 is 1.32 bits per heavy atom. The smallest absolute Gasteiger partial charge is 0.306 e. The molecule has 0 unspecified atom stereocenters. The number of unbranched alkanes of at least 4 members (excludes halogenated alkanes) is 1. The summed E-state index contributed by atoms with van der Waals surface area (Å²) in [5.41, 5.74) is 0.879. The van der Waals surface area contributed by atoms with Crippen molar-refractivity contribution in [3.8, 4) is 0 Å². The molecule has 116 valence electrons. The molecule has 0 saturated carbocycles. The molecule has 6 heteroatoms. The van der Waals surface area contributed by atoms with Crippen LogP contribution in [0.3, 0.4) is 0 Å². The van der Waals surface area contributed by atoms with E-state index in [0.717, 1.165) is 12.8 Å². The zero-order valence-electron chi connectivity index (χ0n) is 12.7. The number of esters is 1. The molecule has 0 aliphatic rings. The Hall–Kier alpha value is -2.50. The van der Waals surface area contributed by atoms with Crippen molar-refractivity contribution in [2.24, 2.45) is 0 Å². The molecular formula is C16H18N2O4. The maximum Gasteiger partial charge on any atom is 0.306 e. The second-order valence-electron chi connectivity index (χ2n) is 5.01. The van der Waals surface area contributed by atoms with Crippen LogP contribution in [0, 0.1) is 5.21 Å². The Balaban J connectivity index is 2.33. The zero-order valence-corrected chi connectivity index (χ0v) is 12.7. The molecule has 1 aromatic carbocycles. The van der Waals surface area contributed by atoms with Crippen LogP contribution in [0.25, 0.3) is 11.0 Å². The van der Waals surface area contributed by atoms with E-state index in [2.05, 4.69) is 4.98 Å². The van der Waals surface area contributed by atoms with Crippen molar-refractivity contribution >= 4 is 22.8 Å². The van der Waals surface area contributed by atoms with Crippen molar-refractivity contribution < 1.29 is 19.1 Å². The predicted octanol–water partition coefficient (Wildman–Crippen LogP) is 2.30. The first-order valence-electron chi connectivity index (χ1n) is 7.22. The first-order chi connectivity index (χ1) is 10.5. The van der Waals surface area contributed by atoms with Gasteiger partial charge in [0.05, 0.1) is 0 Å². The number of rotatable bonds is 6. The summed E-state index contributed by atoms with van der Waals surface area (Å²) >= 11 is 0. The number of ether oxygens (including phenoxy) is 1. The third-order valence-electron chi connectivity index (χ3n) is 3.27. The summed E-state index contributed by atoms with van der Waals surface area (Å²) in [6.07, 6.45) is 1.95. The zero-order chi connectivity index (χ0) is 16.1. The van der Waals surface area contributed by atoms with Gasteiger partial charge in [0.1, 0.15) is 12.1 Å². The molecule has 2 rings (SSSR count). The van der Waals surface area contributed by atoms with E-state index in [9.17, 15) is 14.8 Å². The first-order valence-corrected chi connectivity index (χ1v) is 7.22. The largest absolute Gasteiger partial charge is 0.618 e. The van der Waals surface area contributed by atoms with Crippen LogP contribution in [0.2, 0.25) is 0 Å². The Morgan fingerprint density at radius 2 is 2.05 bits per heavy atom. The first kappa shape index (κ1) is 15.9. The lowest BCUT2D eigenvalue weighted by Gasteiger charge is -2.10. The van der Waals surface area contributed by atoms with E-state index in [0.29, 0.717) is 22.2 Å². The quantitative estimate of drug-likeness (QED) is 0.354. The van der Waals surface area contributed by atoms with Crippen LogP contribution < -0.4 is 4.73 Å². The molecule has 0 aliphatic carbocycles. The van der Waals surface area contributed by atoms with Gasteiger partial charge in [-0.25, -0.2) is 4.98 Å². The van der Waals surface area contributed by atoms with E-state index in [1.165, 1.54) is 6.92 Å². The summed E-state index contributed by atoms with van der Waals surface area (Å²) in [6, 6.07) is 6.72. The van der Waals surface area contributed by atoms with Crippen molar-refractivity contribution in [1.29, 1.82) is 0 Å². The number of ketones is 1. The highest BCUT2D eigenvalue weighted by molar-refractivity contribution is 5.92. The Kier molecular flexibility index (Phi) is 5.04. The van der Waals surface area contributed by atoms with E-state index in [1.54, 1.807) is 24.3 Å². The van der Waals surface area contributed by atoms with Gasteiger partial charge in [-0.15, -0.1) is 0 Å². The second-order valence-corrected chi connectivity index (χ2v) is 5.01. The fourth-order valence-corrected chi connectivity index (χ4v) is 2.16. The van der Waals surface area contributed by atoms with Crippen LogP contribution in [0.1, 0.15) is 49.3 Å². The van der Waals surface area contributed by atoms with E-state index >= 15 is 0 Å². The molecule has 0 fully saturated rings. The minimum absolute atomic E-state index is 0.0815. The third kappa shape index (κ3) is 3.39. The molecule has 0 bridgehead atoms. The highest BCUT2D eigenvalue weighted by Gasteiger charge is 2.23. The van der Waals surface area contributed by atoms with Gasteiger partial charge in [-0.2, -0.15) is 4.73 Å². The number of Topliss-reactive ketones (excluding diaryl/α,β-unsaturated/α-hetero) is 1. The minimum atomic E-state index is -0.409. The summed E-state index contributed by atoms with van der Waals surface area (Å²) in [6.45, 7) is 3.10. The predicted molar refractivity (Wildman–Crippen MR) is 80.0 cm³/mol. The highest BCUT2D eigenvalue weighted by atomic mass is 16.5. The minimum Gasteiger partial charge on any atom is -0.618 e.